The zero-order valence-electron chi connectivity index (χ0n) is 9.87. The fourth-order valence-electron chi connectivity index (χ4n) is 1.02. The summed E-state index contributed by atoms with van der Waals surface area (Å²) >= 11 is 12.6. The van der Waals surface area contributed by atoms with Gasteiger partial charge in [0.15, 0.2) is 0 Å². The summed E-state index contributed by atoms with van der Waals surface area (Å²) in [6, 6.07) is 0. The van der Waals surface area contributed by atoms with Crippen LogP contribution in [0.25, 0.3) is 0 Å². The Balaban J connectivity index is 4.72. The molecule has 0 heterocycles. The van der Waals surface area contributed by atoms with E-state index < -0.39 is 22.8 Å². The summed E-state index contributed by atoms with van der Waals surface area (Å²) in [5.41, 5.74) is -2.22. The van der Waals surface area contributed by atoms with Gasteiger partial charge < -0.3 is 14.9 Å². The second kappa shape index (κ2) is 8.96. The molecule has 0 aliphatic rings. The number of aliphatic carboxylic acids is 2. The minimum atomic E-state index is -1.11. The van der Waals surface area contributed by atoms with Crippen LogP contribution in [0.5, 0.6) is 0 Å². The smallest absolute Gasteiger partial charge is 0.313 e. The van der Waals surface area contributed by atoms with Gasteiger partial charge in [-0.3, -0.25) is 9.59 Å². The number of alkyl halides is 4. The maximum atomic E-state index is 11.2. The second-order valence-electron chi connectivity index (χ2n) is 4.20. The van der Waals surface area contributed by atoms with Gasteiger partial charge in [-0.05, 0) is 0 Å². The molecule has 0 rings (SSSR count). The van der Waals surface area contributed by atoms with Crippen LogP contribution in [0.1, 0.15) is 0 Å². The summed E-state index contributed by atoms with van der Waals surface area (Å²) in [5.74, 6) is -2.00. The van der Waals surface area contributed by atoms with E-state index in [1.165, 1.54) is 0 Å². The number of carbonyl (C=O) groups is 2. The molecule has 0 bridgehead atoms. The Morgan fingerprint density at radius 1 is 0.789 bits per heavy atom. The summed E-state index contributed by atoms with van der Waals surface area (Å²) in [4.78, 5) is 22.5. The van der Waals surface area contributed by atoms with Gasteiger partial charge in [0.25, 0.3) is 0 Å². The predicted molar refractivity (Wildman–Crippen MR) is 86.1 cm³/mol. The molecule has 0 aromatic carbocycles. The monoisotopic (exact) mass is 530 g/mol. The van der Waals surface area contributed by atoms with Gasteiger partial charge in [-0.1, -0.05) is 63.7 Å². The Bertz CT molecular complexity index is 285. The number of hydrogen-bond donors (Lipinski definition) is 2. The number of carboxylic acids is 2. The van der Waals surface area contributed by atoms with Gasteiger partial charge in [0, 0.05) is 21.3 Å². The molecule has 112 valence electrons. The Labute approximate surface area is 145 Å². The number of ether oxygens (including phenoxy) is 1. The summed E-state index contributed by atoms with van der Waals surface area (Å²) in [6.45, 7) is -0.151. The topological polar surface area (TPSA) is 83.8 Å². The lowest BCUT2D eigenvalue weighted by molar-refractivity contribution is -0.153. The summed E-state index contributed by atoms with van der Waals surface area (Å²) in [5, 5.41) is 19.3. The van der Waals surface area contributed by atoms with Gasteiger partial charge in [-0.25, -0.2) is 0 Å². The largest absolute Gasteiger partial charge is 0.481 e. The predicted octanol–water partition coefficient (Wildman–Crippen LogP) is 2.72. The zero-order valence-corrected chi connectivity index (χ0v) is 16.2. The average Bonchev–Trinajstić information content (AvgIpc) is 2.39. The van der Waals surface area contributed by atoms with Gasteiger partial charge in [0.05, 0.1) is 13.2 Å². The van der Waals surface area contributed by atoms with Gasteiger partial charge in [-0.2, -0.15) is 0 Å². The van der Waals surface area contributed by atoms with Crippen molar-refractivity contribution in [3.63, 3.8) is 0 Å². The first-order valence-corrected chi connectivity index (χ1v) is 9.61. The van der Waals surface area contributed by atoms with Crippen molar-refractivity contribution in [2.45, 2.75) is 0 Å². The van der Waals surface area contributed by atoms with E-state index >= 15 is 0 Å². The van der Waals surface area contributed by atoms with Crippen LogP contribution in [-0.2, 0) is 14.3 Å². The average molecular weight is 534 g/mol. The third-order valence-electron chi connectivity index (χ3n) is 2.69. The summed E-state index contributed by atoms with van der Waals surface area (Å²) in [7, 11) is 0. The minimum absolute atomic E-state index is 0.0755. The Kier molecular flexibility index (Phi) is 9.35. The van der Waals surface area contributed by atoms with Gasteiger partial charge in [-0.15, -0.1) is 0 Å². The number of halogens is 4. The van der Waals surface area contributed by atoms with Crippen molar-refractivity contribution in [3.8, 4) is 0 Å². The van der Waals surface area contributed by atoms with Gasteiger partial charge in [0.1, 0.15) is 10.8 Å². The van der Waals surface area contributed by atoms with Crippen molar-refractivity contribution in [2.75, 3.05) is 34.5 Å². The molecule has 0 fully saturated rings. The maximum Gasteiger partial charge on any atom is 0.313 e. The summed E-state index contributed by atoms with van der Waals surface area (Å²) < 4.78 is 5.37. The van der Waals surface area contributed by atoms with E-state index in [9.17, 15) is 19.8 Å². The zero-order chi connectivity index (χ0) is 15.1. The molecule has 9 heteroatoms. The van der Waals surface area contributed by atoms with Crippen molar-refractivity contribution in [1.82, 2.24) is 0 Å². The molecular weight excluding hydrogens is 520 g/mol. The molecule has 0 spiro atoms. The molecule has 5 nitrogen and oxygen atoms in total. The first kappa shape index (κ1) is 19.8. The second-order valence-corrected chi connectivity index (χ2v) is 6.44. The van der Waals surface area contributed by atoms with Crippen LogP contribution in [0.15, 0.2) is 0 Å². The van der Waals surface area contributed by atoms with Crippen LogP contribution in [0, 0.1) is 10.8 Å². The quantitative estimate of drug-likeness (QED) is 0.422. The first-order valence-electron chi connectivity index (χ1n) is 5.12. The van der Waals surface area contributed by atoms with Crippen molar-refractivity contribution in [2.24, 2.45) is 10.8 Å². The van der Waals surface area contributed by atoms with Crippen molar-refractivity contribution in [3.05, 3.63) is 0 Å². The SMILES string of the molecule is O=C(O)C(CBr)(CBr)COCC(CBr)(CBr)C(=O)O. The molecule has 2 N–H and O–H groups in total. The van der Waals surface area contributed by atoms with Gasteiger partial charge in [0.2, 0.25) is 0 Å². The number of hydrogen-bond acceptors (Lipinski definition) is 3. The standard InChI is InChI=1S/C10H14Br4O5/c11-1-9(2-12,7(15)16)5-19-6-10(3-13,4-14)8(17)18/h1-6H2,(H,15,16)(H,17,18). The third kappa shape index (κ3) is 4.94. The molecule has 0 unspecified atom stereocenters. The first-order chi connectivity index (χ1) is 8.84. The molecule has 0 radical (unpaired) electrons. The molecular formula is C10H14Br4O5. The Hall–Kier alpha value is 0.820. The van der Waals surface area contributed by atoms with Crippen molar-refractivity contribution < 1.29 is 24.5 Å². The van der Waals surface area contributed by atoms with E-state index in [4.69, 9.17) is 4.74 Å². The summed E-state index contributed by atoms with van der Waals surface area (Å²) in [6.07, 6.45) is 0. The fourth-order valence-corrected chi connectivity index (χ4v) is 4.48. The molecule has 0 amide bonds. The van der Waals surface area contributed by atoms with Crippen molar-refractivity contribution in [1.29, 1.82) is 0 Å². The Morgan fingerprint density at radius 3 is 1.21 bits per heavy atom. The van der Waals surface area contributed by atoms with Crippen molar-refractivity contribution >= 4 is 75.7 Å². The molecule has 0 atom stereocenters. The number of rotatable bonds is 10. The van der Waals surface area contributed by atoms with Crippen LogP contribution < -0.4 is 0 Å². The highest BCUT2D eigenvalue weighted by Gasteiger charge is 2.41. The molecule has 19 heavy (non-hydrogen) atoms. The lowest BCUT2D eigenvalue weighted by Crippen LogP contribution is -2.43. The van der Waals surface area contributed by atoms with Crippen LogP contribution in [-0.4, -0.2) is 56.7 Å². The molecule has 0 aliphatic heterocycles. The van der Waals surface area contributed by atoms with E-state index in [1.807, 2.05) is 0 Å². The highest BCUT2D eigenvalue weighted by atomic mass is 79.9. The van der Waals surface area contributed by atoms with Gasteiger partial charge >= 0.3 is 11.9 Å². The lowest BCUT2D eigenvalue weighted by atomic mass is 9.93. The molecule has 0 aromatic rings. The number of carboxylic acid groups (broad SMARTS) is 2. The molecule has 0 aliphatic carbocycles. The van der Waals surface area contributed by atoms with Crippen LogP contribution in [0.4, 0.5) is 0 Å². The van der Waals surface area contributed by atoms with Crippen LogP contribution in [0.2, 0.25) is 0 Å². The van der Waals surface area contributed by atoms with Crippen LogP contribution in [0.3, 0.4) is 0 Å². The fraction of sp³-hybridized carbons (Fsp3) is 0.800. The van der Waals surface area contributed by atoms with E-state index in [1.54, 1.807) is 0 Å². The minimum Gasteiger partial charge on any atom is -0.481 e. The van der Waals surface area contributed by atoms with E-state index in [0.29, 0.717) is 0 Å². The normalized spacial score (nSPS) is 12.4. The molecule has 0 aromatic heterocycles. The lowest BCUT2D eigenvalue weighted by Gasteiger charge is -2.29. The van der Waals surface area contributed by atoms with Crippen LogP contribution >= 0.6 is 63.7 Å². The van der Waals surface area contributed by atoms with E-state index in [0.717, 1.165) is 0 Å². The Morgan fingerprint density at radius 2 is 1.05 bits per heavy atom. The van der Waals surface area contributed by atoms with E-state index in [-0.39, 0.29) is 34.5 Å². The third-order valence-corrected chi connectivity index (χ3v) is 6.98. The maximum absolute atomic E-state index is 11.2. The highest BCUT2D eigenvalue weighted by molar-refractivity contribution is 9.10. The van der Waals surface area contributed by atoms with E-state index in [2.05, 4.69) is 63.7 Å². The molecule has 0 saturated carbocycles. The molecule has 0 saturated heterocycles. The highest BCUT2D eigenvalue weighted by Crippen LogP contribution is 2.28.